The maximum Gasteiger partial charge on any atom is 0.0302 e. The molecule has 0 radical (unpaired) electrons. The van der Waals surface area contributed by atoms with Crippen LogP contribution in [-0.2, 0) is 0 Å². The van der Waals surface area contributed by atoms with Gasteiger partial charge in [-0.1, -0.05) is 33.8 Å². The molecule has 1 heteroatoms. The van der Waals surface area contributed by atoms with E-state index in [0.29, 0.717) is 11.8 Å². The summed E-state index contributed by atoms with van der Waals surface area (Å²) in [5, 5.41) is 0. The van der Waals surface area contributed by atoms with Crippen LogP contribution in [0.3, 0.4) is 0 Å². The molecule has 1 heterocycles. The minimum absolute atomic E-state index is 0.605. The number of nitrogens with zero attached hydrogens (tertiary/aromatic N) is 1. The van der Waals surface area contributed by atoms with Gasteiger partial charge in [0.15, 0.2) is 0 Å². The van der Waals surface area contributed by atoms with Crippen molar-refractivity contribution >= 4 is 0 Å². The quantitative estimate of drug-likeness (QED) is 0.689. The molecule has 0 aromatic carbocycles. The second-order valence-corrected chi connectivity index (χ2v) is 4.18. The summed E-state index contributed by atoms with van der Waals surface area (Å²) < 4.78 is 0. The molecule has 72 valence electrons. The Kier molecular flexibility index (Phi) is 3.47. The van der Waals surface area contributed by atoms with Gasteiger partial charge in [-0.2, -0.15) is 0 Å². The maximum atomic E-state index is 4.15. The second-order valence-electron chi connectivity index (χ2n) is 4.18. The zero-order valence-corrected chi connectivity index (χ0v) is 8.99. The molecule has 1 rings (SSSR count). The smallest absolute Gasteiger partial charge is 0.0302 e. The third-order valence-corrected chi connectivity index (χ3v) is 3.05. The van der Waals surface area contributed by atoms with Crippen molar-refractivity contribution in [3.8, 4) is 0 Å². The molecule has 0 fully saturated rings. The lowest BCUT2D eigenvalue weighted by Crippen LogP contribution is -2.12. The van der Waals surface area contributed by atoms with Gasteiger partial charge in [0.05, 0.1) is 0 Å². The van der Waals surface area contributed by atoms with Crippen LogP contribution in [-0.4, -0.2) is 4.98 Å². The third-order valence-electron chi connectivity index (χ3n) is 3.05. The number of aromatic nitrogens is 1. The van der Waals surface area contributed by atoms with Crippen LogP contribution in [0, 0.1) is 11.8 Å². The van der Waals surface area contributed by atoms with Gasteiger partial charge in [-0.3, -0.25) is 4.98 Å². The van der Waals surface area contributed by atoms with E-state index in [9.17, 15) is 0 Å². The van der Waals surface area contributed by atoms with E-state index in [0.717, 1.165) is 5.92 Å². The highest BCUT2D eigenvalue weighted by molar-refractivity contribution is 5.14. The summed E-state index contributed by atoms with van der Waals surface area (Å²) in [4.78, 5) is 4.15. The van der Waals surface area contributed by atoms with Gasteiger partial charge in [-0.15, -0.1) is 0 Å². The van der Waals surface area contributed by atoms with Crippen molar-refractivity contribution in [1.29, 1.82) is 0 Å². The summed E-state index contributed by atoms with van der Waals surface area (Å²) in [6.45, 7) is 9.14. The highest BCUT2D eigenvalue weighted by atomic mass is 14.6. The number of pyridine rings is 1. The van der Waals surface area contributed by atoms with Crippen LogP contribution in [0.1, 0.15) is 39.2 Å². The molecule has 0 spiro atoms. The lowest BCUT2D eigenvalue weighted by Gasteiger charge is -2.23. The number of rotatable bonds is 3. The minimum Gasteiger partial charge on any atom is -0.264 e. The lowest BCUT2D eigenvalue weighted by atomic mass is 9.82. The Morgan fingerprint density at radius 3 is 2.31 bits per heavy atom. The molecule has 0 aliphatic heterocycles. The fourth-order valence-corrected chi connectivity index (χ4v) is 1.53. The van der Waals surface area contributed by atoms with E-state index in [2.05, 4.69) is 38.7 Å². The van der Waals surface area contributed by atoms with E-state index in [-0.39, 0.29) is 0 Å². The predicted octanol–water partition coefficient (Wildman–Crippen LogP) is 3.48. The lowest BCUT2D eigenvalue weighted by molar-refractivity contribution is 0.362. The first-order valence-corrected chi connectivity index (χ1v) is 5.03. The molecule has 0 aliphatic rings. The Labute approximate surface area is 81.2 Å². The Bertz CT molecular complexity index is 241. The standard InChI is InChI=1S/C12H19N/c1-9(2)10(3)11(4)12-6-5-7-13-8-12/h5-11H,1-4H3. The largest absolute Gasteiger partial charge is 0.264 e. The molecule has 0 aliphatic carbocycles. The first kappa shape index (κ1) is 10.2. The van der Waals surface area contributed by atoms with Gasteiger partial charge < -0.3 is 0 Å². The van der Waals surface area contributed by atoms with Crippen LogP contribution in [0.4, 0.5) is 0 Å². The molecule has 1 aromatic rings. The summed E-state index contributed by atoms with van der Waals surface area (Å²) in [5.74, 6) is 2.05. The molecule has 0 saturated heterocycles. The fraction of sp³-hybridized carbons (Fsp3) is 0.583. The van der Waals surface area contributed by atoms with Crippen molar-refractivity contribution in [3.63, 3.8) is 0 Å². The first-order chi connectivity index (χ1) is 6.13. The topological polar surface area (TPSA) is 12.9 Å². The van der Waals surface area contributed by atoms with E-state index in [4.69, 9.17) is 0 Å². The monoisotopic (exact) mass is 177 g/mol. The average Bonchev–Trinajstić information content (AvgIpc) is 2.17. The molecule has 13 heavy (non-hydrogen) atoms. The van der Waals surface area contributed by atoms with Crippen LogP contribution in [0.2, 0.25) is 0 Å². The zero-order valence-electron chi connectivity index (χ0n) is 8.99. The summed E-state index contributed by atoms with van der Waals surface area (Å²) in [7, 11) is 0. The highest BCUT2D eigenvalue weighted by Gasteiger charge is 2.16. The SMILES string of the molecule is CC(C)C(C)C(C)c1cccnc1. The van der Waals surface area contributed by atoms with Crippen LogP contribution >= 0.6 is 0 Å². The van der Waals surface area contributed by atoms with Gasteiger partial charge in [0.25, 0.3) is 0 Å². The van der Waals surface area contributed by atoms with Gasteiger partial charge in [-0.25, -0.2) is 0 Å². The molecule has 2 atom stereocenters. The molecule has 2 unspecified atom stereocenters. The fourth-order valence-electron chi connectivity index (χ4n) is 1.53. The van der Waals surface area contributed by atoms with Crippen LogP contribution in [0.15, 0.2) is 24.5 Å². The molecular weight excluding hydrogens is 158 g/mol. The predicted molar refractivity (Wildman–Crippen MR) is 56.7 cm³/mol. The summed E-state index contributed by atoms with van der Waals surface area (Å²) in [6, 6.07) is 4.18. The van der Waals surface area contributed by atoms with E-state index in [1.807, 2.05) is 18.5 Å². The van der Waals surface area contributed by atoms with Crippen LogP contribution < -0.4 is 0 Å². The Morgan fingerprint density at radius 1 is 1.15 bits per heavy atom. The van der Waals surface area contributed by atoms with Crippen molar-refractivity contribution in [2.24, 2.45) is 11.8 Å². The summed E-state index contributed by atoms with van der Waals surface area (Å²) >= 11 is 0. The van der Waals surface area contributed by atoms with Gasteiger partial charge >= 0.3 is 0 Å². The molecule has 1 nitrogen and oxygen atoms in total. The van der Waals surface area contributed by atoms with Gasteiger partial charge in [0.1, 0.15) is 0 Å². The van der Waals surface area contributed by atoms with Crippen molar-refractivity contribution in [3.05, 3.63) is 30.1 Å². The molecular formula is C12H19N. The number of hydrogen-bond donors (Lipinski definition) is 0. The third kappa shape index (κ3) is 2.55. The normalized spacial score (nSPS) is 15.8. The molecule has 1 aromatic heterocycles. The Morgan fingerprint density at radius 2 is 1.85 bits per heavy atom. The van der Waals surface area contributed by atoms with Crippen LogP contribution in [0.25, 0.3) is 0 Å². The van der Waals surface area contributed by atoms with Crippen LogP contribution in [0.5, 0.6) is 0 Å². The first-order valence-electron chi connectivity index (χ1n) is 5.03. The Hall–Kier alpha value is -0.850. The minimum atomic E-state index is 0.605. The van der Waals surface area contributed by atoms with E-state index in [1.54, 1.807) is 0 Å². The number of hydrogen-bond acceptors (Lipinski definition) is 1. The van der Waals surface area contributed by atoms with E-state index in [1.165, 1.54) is 5.56 Å². The molecule has 0 bridgehead atoms. The maximum absolute atomic E-state index is 4.15. The van der Waals surface area contributed by atoms with Crippen molar-refractivity contribution in [2.75, 3.05) is 0 Å². The van der Waals surface area contributed by atoms with E-state index >= 15 is 0 Å². The molecule has 0 N–H and O–H groups in total. The summed E-state index contributed by atoms with van der Waals surface area (Å²) in [6.07, 6.45) is 3.81. The Balaban J connectivity index is 2.73. The summed E-state index contributed by atoms with van der Waals surface area (Å²) in [5.41, 5.74) is 1.35. The van der Waals surface area contributed by atoms with Gasteiger partial charge in [0.2, 0.25) is 0 Å². The van der Waals surface area contributed by atoms with Gasteiger partial charge in [-0.05, 0) is 29.4 Å². The van der Waals surface area contributed by atoms with Crippen molar-refractivity contribution < 1.29 is 0 Å². The second kappa shape index (κ2) is 4.40. The highest BCUT2D eigenvalue weighted by Crippen LogP contribution is 2.28. The van der Waals surface area contributed by atoms with Crippen molar-refractivity contribution in [1.82, 2.24) is 4.98 Å². The average molecular weight is 177 g/mol. The zero-order chi connectivity index (χ0) is 9.84. The van der Waals surface area contributed by atoms with Crippen molar-refractivity contribution in [2.45, 2.75) is 33.6 Å². The van der Waals surface area contributed by atoms with E-state index < -0.39 is 0 Å². The molecule has 0 amide bonds. The van der Waals surface area contributed by atoms with Gasteiger partial charge in [0, 0.05) is 12.4 Å². The molecule has 0 saturated carbocycles.